The molecule has 1 aromatic rings. The Hall–Kier alpha value is -0.530. The zero-order valence-electron chi connectivity index (χ0n) is 7.26. The normalized spacial score (nSPS) is 12.5. The van der Waals surface area contributed by atoms with Crippen LogP contribution in [0.4, 0.5) is 0 Å². The minimum absolute atomic E-state index is 0.217. The average molecular weight is 217 g/mol. The average Bonchev–Trinajstić information content (AvgIpc) is 2.16. The SMILES string of the molecule is CC(CCl)c1ccc(C=O)cc1Cl. The topological polar surface area (TPSA) is 17.1 Å². The van der Waals surface area contributed by atoms with Crippen LogP contribution in [0.25, 0.3) is 0 Å². The fourth-order valence-corrected chi connectivity index (χ4v) is 1.64. The molecule has 13 heavy (non-hydrogen) atoms. The Morgan fingerprint density at radius 1 is 1.54 bits per heavy atom. The smallest absolute Gasteiger partial charge is 0.150 e. The third-order valence-electron chi connectivity index (χ3n) is 1.92. The highest BCUT2D eigenvalue weighted by atomic mass is 35.5. The predicted molar refractivity (Wildman–Crippen MR) is 56.0 cm³/mol. The molecule has 0 radical (unpaired) electrons. The molecule has 1 atom stereocenters. The van der Waals surface area contributed by atoms with Gasteiger partial charge in [0, 0.05) is 16.5 Å². The van der Waals surface area contributed by atoms with Gasteiger partial charge in [-0.05, 0) is 17.5 Å². The molecular formula is C10H10Cl2O. The van der Waals surface area contributed by atoms with E-state index in [0.717, 1.165) is 11.8 Å². The van der Waals surface area contributed by atoms with Crippen LogP contribution in [0.3, 0.4) is 0 Å². The van der Waals surface area contributed by atoms with E-state index in [1.807, 2.05) is 13.0 Å². The molecule has 0 aliphatic rings. The summed E-state index contributed by atoms with van der Waals surface area (Å²) < 4.78 is 0. The summed E-state index contributed by atoms with van der Waals surface area (Å²) in [6, 6.07) is 5.25. The van der Waals surface area contributed by atoms with Crippen LogP contribution in [0, 0.1) is 0 Å². The number of carbonyl (C=O) groups excluding carboxylic acids is 1. The molecule has 0 aromatic heterocycles. The van der Waals surface area contributed by atoms with Crippen LogP contribution < -0.4 is 0 Å². The Morgan fingerprint density at radius 2 is 2.23 bits per heavy atom. The molecule has 0 N–H and O–H groups in total. The van der Waals surface area contributed by atoms with E-state index in [1.54, 1.807) is 12.1 Å². The first-order valence-corrected chi connectivity index (χ1v) is 4.91. The van der Waals surface area contributed by atoms with Gasteiger partial charge in [0.25, 0.3) is 0 Å². The van der Waals surface area contributed by atoms with Gasteiger partial charge in [0.05, 0.1) is 0 Å². The number of benzene rings is 1. The lowest BCUT2D eigenvalue weighted by molar-refractivity contribution is 0.112. The standard InChI is InChI=1S/C10H10Cl2O/c1-7(5-11)9-3-2-8(6-13)4-10(9)12/h2-4,6-7H,5H2,1H3. The quantitative estimate of drug-likeness (QED) is 0.559. The van der Waals surface area contributed by atoms with E-state index in [9.17, 15) is 4.79 Å². The van der Waals surface area contributed by atoms with Crippen LogP contribution in [0.1, 0.15) is 28.8 Å². The monoisotopic (exact) mass is 216 g/mol. The van der Waals surface area contributed by atoms with Crippen molar-refractivity contribution in [2.24, 2.45) is 0 Å². The lowest BCUT2D eigenvalue weighted by Crippen LogP contribution is -1.96. The summed E-state index contributed by atoms with van der Waals surface area (Å²) in [7, 11) is 0. The molecule has 1 unspecified atom stereocenters. The molecular weight excluding hydrogens is 207 g/mol. The van der Waals surface area contributed by atoms with Crippen molar-refractivity contribution >= 4 is 29.5 Å². The van der Waals surface area contributed by atoms with Crippen molar-refractivity contribution in [3.8, 4) is 0 Å². The summed E-state index contributed by atoms with van der Waals surface area (Å²) in [5, 5.41) is 0.609. The second kappa shape index (κ2) is 4.64. The van der Waals surface area contributed by atoms with Gasteiger partial charge >= 0.3 is 0 Å². The molecule has 0 saturated carbocycles. The Bertz CT molecular complexity index is 310. The van der Waals surface area contributed by atoms with Crippen molar-refractivity contribution in [2.75, 3.05) is 5.88 Å². The molecule has 0 fully saturated rings. The summed E-state index contributed by atoms with van der Waals surface area (Å²) in [6.45, 7) is 1.99. The van der Waals surface area contributed by atoms with Gasteiger partial charge in [-0.1, -0.05) is 30.7 Å². The zero-order chi connectivity index (χ0) is 9.84. The molecule has 70 valence electrons. The lowest BCUT2D eigenvalue weighted by Gasteiger charge is -2.09. The van der Waals surface area contributed by atoms with Crippen molar-refractivity contribution in [1.29, 1.82) is 0 Å². The summed E-state index contributed by atoms with van der Waals surface area (Å²) in [5.74, 6) is 0.745. The van der Waals surface area contributed by atoms with Crippen LogP contribution in [0.2, 0.25) is 5.02 Å². The molecule has 0 aliphatic heterocycles. The largest absolute Gasteiger partial charge is 0.298 e. The maximum atomic E-state index is 10.4. The third kappa shape index (κ3) is 2.45. The zero-order valence-corrected chi connectivity index (χ0v) is 8.77. The Morgan fingerprint density at radius 3 is 2.69 bits per heavy atom. The van der Waals surface area contributed by atoms with E-state index in [0.29, 0.717) is 16.5 Å². The third-order valence-corrected chi connectivity index (χ3v) is 2.71. The molecule has 1 aromatic carbocycles. The van der Waals surface area contributed by atoms with Crippen molar-refractivity contribution < 1.29 is 4.79 Å². The van der Waals surface area contributed by atoms with Crippen LogP contribution in [0.15, 0.2) is 18.2 Å². The van der Waals surface area contributed by atoms with Crippen LogP contribution in [0.5, 0.6) is 0 Å². The van der Waals surface area contributed by atoms with Gasteiger partial charge in [-0.2, -0.15) is 0 Å². The summed E-state index contributed by atoms with van der Waals surface area (Å²) in [5.41, 5.74) is 1.58. The van der Waals surface area contributed by atoms with E-state index in [2.05, 4.69) is 0 Å². The maximum Gasteiger partial charge on any atom is 0.150 e. The van der Waals surface area contributed by atoms with E-state index in [-0.39, 0.29) is 5.92 Å². The highest BCUT2D eigenvalue weighted by molar-refractivity contribution is 6.31. The first-order valence-electron chi connectivity index (χ1n) is 3.99. The van der Waals surface area contributed by atoms with Gasteiger partial charge < -0.3 is 0 Å². The van der Waals surface area contributed by atoms with Crippen molar-refractivity contribution in [3.63, 3.8) is 0 Å². The van der Waals surface area contributed by atoms with Gasteiger partial charge in [-0.25, -0.2) is 0 Å². The van der Waals surface area contributed by atoms with Crippen molar-refractivity contribution in [1.82, 2.24) is 0 Å². The molecule has 0 saturated heterocycles. The minimum atomic E-state index is 0.217. The highest BCUT2D eigenvalue weighted by Gasteiger charge is 2.08. The number of rotatable bonds is 3. The Kier molecular flexibility index (Phi) is 3.76. The van der Waals surface area contributed by atoms with Crippen molar-refractivity contribution in [2.45, 2.75) is 12.8 Å². The van der Waals surface area contributed by atoms with Gasteiger partial charge in [0.1, 0.15) is 6.29 Å². The first kappa shape index (κ1) is 10.6. The molecule has 3 heteroatoms. The van der Waals surface area contributed by atoms with E-state index < -0.39 is 0 Å². The predicted octanol–water partition coefficient (Wildman–Crippen LogP) is 3.49. The number of hydrogen-bond donors (Lipinski definition) is 0. The van der Waals surface area contributed by atoms with Gasteiger partial charge in [-0.3, -0.25) is 4.79 Å². The highest BCUT2D eigenvalue weighted by Crippen LogP contribution is 2.25. The lowest BCUT2D eigenvalue weighted by atomic mass is 10.0. The molecule has 1 nitrogen and oxygen atoms in total. The number of hydrogen-bond acceptors (Lipinski definition) is 1. The summed E-state index contributed by atoms with van der Waals surface area (Å²) in [6.07, 6.45) is 0.779. The van der Waals surface area contributed by atoms with E-state index in [4.69, 9.17) is 23.2 Å². The molecule has 0 aliphatic carbocycles. The maximum absolute atomic E-state index is 10.4. The fraction of sp³-hybridized carbons (Fsp3) is 0.300. The summed E-state index contributed by atoms with van der Waals surface area (Å²) >= 11 is 11.7. The van der Waals surface area contributed by atoms with Crippen LogP contribution in [-0.2, 0) is 0 Å². The number of halogens is 2. The van der Waals surface area contributed by atoms with Gasteiger partial charge in [-0.15, -0.1) is 11.6 Å². The van der Waals surface area contributed by atoms with Crippen LogP contribution >= 0.6 is 23.2 Å². The van der Waals surface area contributed by atoms with Gasteiger partial charge in [0.15, 0.2) is 0 Å². The second-order valence-corrected chi connectivity index (χ2v) is 3.67. The van der Waals surface area contributed by atoms with Gasteiger partial charge in [0.2, 0.25) is 0 Å². The molecule has 0 spiro atoms. The molecule has 0 heterocycles. The number of alkyl halides is 1. The van der Waals surface area contributed by atoms with E-state index in [1.165, 1.54) is 0 Å². The molecule has 1 rings (SSSR count). The summed E-state index contributed by atoms with van der Waals surface area (Å²) in [4.78, 5) is 10.4. The molecule has 0 bridgehead atoms. The number of carbonyl (C=O) groups is 1. The van der Waals surface area contributed by atoms with Crippen molar-refractivity contribution in [3.05, 3.63) is 34.3 Å². The molecule has 0 amide bonds. The first-order chi connectivity index (χ1) is 6.19. The minimum Gasteiger partial charge on any atom is -0.298 e. The van der Waals surface area contributed by atoms with Crippen LogP contribution in [-0.4, -0.2) is 12.2 Å². The number of aldehydes is 1. The second-order valence-electron chi connectivity index (χ2n) is 2.95. The van der Waals surface area contributed by atoms with E-state index >= 15 is 0 Å². The Balaban J connectivity index is 3.04. The Labute approximate surface area is 87.7 Å². The fourth-order valence-electron chi connectivity index (χ4n) is 1.10.